The van der Waals surface area contributed by atoms with Crippen molar-refractivity contribution in [2.24, 2.45) is 0 Å². The van der Waals surface area contributed by atoms with E-state index in [2.05, 4.69) is 6.42 Å². The molecule has 0 aromatic heterocycles. The van der Waals surface area contributed by atoms with Crippen LogP contribution in [0.1, 0.15) is 13.3 Å². The minimum atomic E-state index is 0.0556. The second kappa shape index (κ2) is 3.05. The molecule has 47 valence electrons. The SMILES string of the molecule is C[CH]CC1OCCO1. The summed E-state index contributed by atoms with van der Waals surface area (Å²) in [6, 6.07) is 0. The Kier molecular flexibility index (Phi) is 2.30. The zero-order valence-electron chi connectivity index (χ0n) is 5.09. The fourth-order valence-corrected chi connectivity index (χ4v) is 0.736. The third kappa shape index (κ3) is 1.46. The van der Waals surface area contributed by atoms with Crippen LogP contribution in [0.4, 0.5) is 0 Å². The Morgan fingerprint density at radius 3 is 2.62 bits per heavy atom. The number of hydrogen-bond donors (Lipinski definition) is 0. The molecular formula is C6H11O2. The second-order valence-corrected chi connectivity index (χ2v) is 1.82. The lowest BCUT2D eigenvalue weighted by Gasteiger charge is -2.04. The van der Waals surface area contributed by atoms with Crippen LogP contribution in [0.25, 0.3) is 0 Å². The summed E-state index contributed by atoms with van der Waals surface area (Å²) in [6.07, 6.45) is 3.02. The van der Waals surface area contributed by atoms with Gasteiger partial charge in [0.25, 0.3) is 0 Å². The van der Waals surface area contributed by atoms with Crippen LogP contribution in [0.5, 0.6) is 0 Å². The summed E-state index contributed by atoms with van der Waals surface area (Å²) in [6.45, 7) is 3.53. The maximum absolute atomic E-state index is 5.14. The molecule has 8 heavy (non-hydrogen) atoms. The maximum Gasteiger partial charge on any atom is 0.158 e. The molecule has 1 fully saturated rings. The van der Waals surface area contributed by atoms with Crippen LogP contribution in [0.3, 0.4) is 0 Å². The van der Waals surface area contributed by atoms with Crippen molar-refractivity contribution in [1.29, 1.82) is 0 Å². The largest absolute Gasteiger partial charge is 0.350 e. The number of ether oxygens (including phenoxy) is 2. The summed E-state index contributed by atoms with van der Waals surface area (Å²) in [5, 5.41) is 0. The van der Waals surface area contributed by atoms with Gasteiger partial charge in [-0.1, -0.05) is 6.92 Å². The van der Waals surface area contributed by atoms with E-state index in [4.69, 9.17) is 9.47 Å². The van der Waals surface area contributed by atoms with E-state index in [-0.39, 0.29) is 6.29 Å². The third-order valence-electron chi connectivity index (χ3n) is 1.12. The molecule has 1 saturated heterocycles. The van der Waals surface area contributed by atoms with E-state index in [1.54, 1.807) is 0 Å². The van der Waals surface area contributed by atoms with Crippen molar-refractivity contribution in [2.75, 3.05) is 13.2 Å². The van der Waals surface area contributed by atoms with Gasteiger partial charge in [0.15, 0.2) is 6.29 Å². The van der Waals surface area contributed by atoms with Gasteiger partial charge in [0.1, 0.15) is 0 Å². The highest BCUT2D eigenvalue weighted by molar-refractivity contribution is 4.61. The fraction of sp³-hybridized carbons (Fsp3) is 0.833. The van der Waals surface area contributed by atoms with Crippen LogP contribution in [0.15, 0.2) is 0 Å². The number of rotatable bonds is 2. The second-order valence-electron chi connectivity index (χ2n) is 1.82. The minimum absolute atomic E-state index is 0.0556. The molecule has 1 heterocycles. The van der Waals surface area contributed by atoms with Crippen molar-refractivity contribution < 1.29 is 9.47 Å². The van der Waals surface area contributed by atoms with Crippen molar-refractivity contribution >= 4 is 0 Å². The Balaban J connectivity index is 2.06. The van der Waals surface area contributed by atoms with E-state index in [1.165, 1.54) is 0 Å². The van der Waals surface area contributed by atoms with Gasteiger partial charge in [-0.05, 0) is 6.42 Å². The van der Waals surface area contributed by atoms with Gasteiger partial charge in [-0.3, -0.25) is 0 Å². The predicted molar refractivity (Wildman–Crippen MR) is 30.3 cm³/mol. The van der Waals surface area contributed by atoms with Crippen molar-refractivity contribution in [3.05, 3.63) is 6.42 Å². The molecule has 0 aliphatic carbocycles. The Morgan fingerprint density at radius 1 is 1.50 bits per heavy atom. The number of hydrogen-bond acceptors (Lipinski definition) is 2. The molecule has 0 unspecified atom stereocenters. The molecule has 0 amide bonds. The van der Waals surface area contributed by atoms with E-state index in [1.807, 2.05) is 6.92 Å². The highest BCUT2D eigenvalue weighted by Gasteiger charge is 2.13. The molecule has 0 spiro atoms. The average Bonchev–Trinajstić information content (AvgIpc) is 2.19. The van der Waals surface area contributed by atoms with E-state index in [0.717, 1.165) is 19.6 Å². The van der Waals surface area contributed by atoms with Crippen molar-refractivity contribution in [2.45, 2.75) is 19.6 Å². The minimum Gasteiger partial charge on any atom is -0.350 e. The molecule has 0 bridgehead atoms. The first kappa shape index (κ1) is 6.05. The standard InChI is InChI=1S/C6H11O2/c1-2-3-6-7-4-5-8-6/h2,6H,3-5H2,1H3. The molecule has 0 aromatic rings. The van der Waals surface area contributed by atoms with Gasteiger partial charge >= 0.3 is 0 Å². The fourth-order valence-electron chi connectivity index (χ4n) is 0.736. The van der Waals surface area contributed by atoms with Crippen molar-refractivity contribution in [1.82, 2.24) is 0 Å². The lowest BCUT2D eigenvalue weighted by atomic mass is 10.3. The zero-order valence-corrected chi connectivity index (χ0v) is 5.09. The smallest absolute Gasteiger partial charge is 0.158 e. The topological polar surface area (TPSA) is 18.5 Å². The lowest BCUT2D eigenvalue weighted by Crippen LogP contribution is -2.05. The third-order valence-corrected chi connectivity index (χ3v) is 1.12. The molecule has 1 rings (SSSR count). The lowest BCUT2D eigenvalue weighted by molar-refractivity contribution is -0.0405. The summed E-state index contributed by atoms with van der Waals surface area (Å²) in [7, 11) is 0. The normalized spacial score (nSPS) is 22.1. The summed E-state index contributed by atoms with van der Waals surface area (Å²) in [4.78, 5) is 0. The van der Waals surface area contributed by atoms with Crippen LogP contribution in [0, 0.1) is 6.42 Å². The molecule has 0 N–H and O–H groups in total. The van der Waals surface area contributed by atoms with E-state index in [0.29, 0.717) is 0 Å². The van der Waals surface area contributed by atoms with Gasteiger partial charge in [0.2, 0.25) is 0 Å². The molecule has 2 heteroatoms. The molecule has 2 nitrogen and oxygen atoms in total. The van der Waals surface area contributed by atoms with E-state index >= 15 is 0 Å². The zero-order chi connectivity index (χ0) is 5.82. The van der Waals surface area contributed by atoms with Crippen LogP contribution >= 0.6 is 0 Å². The Bertz CT molecular complexity index is 57.5. The van der Waals surface area contributed by atoms with Crippen molar-refractivity contribution in [3.63, 3.8) is 0 Å². The van der Waals surface area contributed by atoms with Crippen molar-refractivity contribution in [3.8, 4) is 0 Å². The first-order chi connectivity index (χ1) is 3.93. The maximum atomic E-state index is 5.14. The van der Waals surface area contributed by atoms with Gasteiger partial charge in [-0.25, -0.2) is 0 Å². The highest BCUT2D eigenvalue weighted by Crippen LogP contribution is 2.08. The van der Waals surface area contributed by atoms with Gasteiger partial charge < -0.3 is 9.47 Å². The summed E-state index contributed by atoms with van der Waals surface area (Å²) < 4.78 is 10.3. The monoisotopic (exact) mass is 115 g/mol. The van der Waals surface area contributed by atoms with Gasteiger partial charge in [0, 0.05) is 6.42 Å². The molecule has 1 aliphatic rings. The van der Waals surface area contributed by atoms with Gasteiger partial charge in [-0.2, -0.15) is 0 Å². The molecule has 1 radical (unpaired) electrons. The van der Waals surface area contributed by atoms with E-state index < -0.39 is 0 Å². The first-order valence-corrected chi connectivity index (χ1v) is 2.94. The van der Waals surface area contributed by atoms with Gasteiger partial charge in [-0.15, -0.1) is 0 Å². The molecular weight excluding hydrogens is 104 g/mol. The average molecular weight is 115 g/mol. The first-order valence-electron chi connectivity index (χ1n) is 2.94. The molecule has 0 saturated carbocycles. The van der Waals surface area contributed by atoms with E-state index in [9.17, 15) is 0 Å². The highest BCUT2D eigenvalue weighted by atomic mass is 16.7. The molecule has 0 aromatic carbocycles. The predicted octanol–water partition coefficient (Wildman–Crippen LogP) is 0.974. The quantitative estimate of drug-likeness (QED) is 0.534. The Hall–Kier alpha value is -0.0800. The summed E-state index contributed by atoms with van der Waals surface area (Å²) >= 11 is 0. The summed E-state index contributed by atoms with van der Waals surface area (Å²) in [5.74, 6) is 0. The van der Waals surface area contributed by atoms with Gasteiger partial charge in [0.05, 0.1) is 13.2 Å². The van der Waals surface area contributed by atoms with Crippen LogP contribution < -0.4 is 0 Å². The van der Waals surface area contributed by atoms with Crippen LogP contribution in [-0.4, -0.2) is 19.5 Å². The molecule has 0 atom stereocenters. The van der Waals surface area contributed by atoms with Crippen LogP contribution in [0.2, 0.25) is 0 Å². The Labute approximate surface area is 49.8 Å². The Morgan fingerprint density at radius 2 is 2.12 bits per heavy atom. The summed E-state index contributed by atoms with van der Waals surface area (Å²) in [5.41, 5.74) is 0. The molecule has 1 aliphatic heterocycles. The van der Waals surface area contributed by atoms with Crippen LogP contribution in [-0.2, 0) is 9.47 Å².